The number of fused-ring (bicyclic) bond motifs is 1. The Balaban J connectivity index is 1.72. The average Bonchev–Trinajstić information content (AvgIpc) is 2.81. The number of para-hydroxylation sites is 1. The molecule has 1 heterocycles. The number of benzene rings is 2. The molecule has 26 heavy (non-hydrogen) atoms. The molecule has 0 aromatic heterocycles. The molecule has 0 N–H and O–H groups in total. The Hall–Kier alpha value is -2.88. The summed E-state index contributed by atoms with van der Waals surface area (Å²) in [7, 11) is 1.95. The molecule has 4 nitrogen and oxygen atoms in total. The Kier molecular flexibility index (Phi) is 4.68. The molecule has 0 fully saturated rings. The zero-order chi connectivity index (χ0) is 18.9. The first-order valence-electron chi connectivity index (χ1n) is 8.63. The van der Waals surface area contributed by atoms with Crippen LogP contribution in [0.15, 0.2) is 60.3 Å². The first-order valence-corrected chi connectivity index (χ1v) is 8.63. The van der Waals surface area contributed by atoms with Crippen LogP contribution >= 0.6 is 0 Å². The van der Waals surface area contributed by atoms with Crippen LogP contribution in [0.2, 0.25) is 0 Å². The highest BCUT2D eigenvalue weighted by Crippen LogP contribution is 2.46. The summed E-state index contributed by atoms with van der Waals surface area (Å²) in [4.78, 5) is 26.5. The van der Waals surface area contributed by atoms with Gasteiger partial charge in [-0.3, -0.25) is 4.79 Å². The smallest absolute Gasteiger partial charge is 0.338 e. The third-order valence-electron chi connectivity index (χ3n) is 4.84. The molecule has 2 aromatic rings. The zero-order valence-corrected chi connectivity index (χ0v) is 15.6. The summed E-state index contributed by atoms with van der Waals surface area (Å²) >= 11 is 0. The molecule has 0 unspecified atom stereocenters. The van der Waals surface area contributed by atoms with Crippen molar-refractivity contribution in [2.24, 2.45) is 0 Å². The van der Waals surface area contributed by atoms with Gasteiger partial charge >= 0.3 is 5.97 Å². The molecule has 0 bridgehead atoms. The van der Waals surface area contributed by atoms with Gasteiger partial charge in [0.15, 0.2) is 12.4 Å². The van der Waals surface area contributed by atoms with E-state index in [0.29, 0.717) is 5.56 Å². The number of anilines is 1. The number of ketones is 1. The van der Waals surface area contributed by atoms with Crippen LogP contribution in [-0.4, -0.2) is 25.4 Å². The molecule has 134 valence electrons. The van der Waals surface area contributed by atoms with Gasteiger partial charge in [0.05, 0.1) is 5.56 Å². The number of carbonyl (C=O) groups excluding carboxylic acids is 2. The third-order valence-corrected chi connectivity index (χ3v) is 4.84. The first kappa shape index (κ1) is 17.9. The Morgan fingerprint density at radius 1 is 1.12 bits per heavy atom. The minimum atomic E-state index is -0.484. The maximum absolute atomic E-state index is 12.4. The second kappa shape index (κ2) is 6.79. The molecule has 3 rings (SSSR count). The van der Waals surface area contributed by atoms with E-state index in [2.05, 4.69) is 19.9 Å². The van der Waals surface area contributed by atoms with Crippen LogP contribution in [-0.2, 0) is 14.9 Å². The van der Waals surface area contributed by atoms with Gasteiger partial charge in [-0.2, -0.15) is 0 Å². The Morgan fingerprint density at radius 3 is 2.54 bits per heavy atom. The molecule has 2 aromatic carbocycles. The number of allylic oxidation sites excluding steroid dienone is 1. The highest BCUT2D eigenvalue weighted by atomic mass is 16.5. The molecule has 4 heteroatoms. The van der Waals surface area contributed by atoms with Crippen molar-refractivity contribution in [2.75, 3.05) is 18.6 Å². The molecule has 0 radical (unpaired) electrons. The van der Waals surface area contributed by atoms with Crippen LogP contribution < -0.4 is 4.90 Å². The lowest BCUT2D eigenvalue weighted by Crippen LogP contribution is -2.25. The van der Waals surface area contributed by atoms with Crippen molar-refractivity contribution in [3.8, 4) is 0 Å². The Bertz CT molecular complexity index is 896. The highest BCUT2D eigenvalue weighted by molar-refractivity contribution is 5.96. The molecule has 1 aliphatic heterocycles. The van der Waals surface area contributed by atoms with Crippen LogP contribution in [0.3, 0.4) is 0 Å². The molecular formula is C22H23NO3. The monoisotopic (exact) mass is 349 g/mol. The number of hydrogen-bond donors (Lipinski definition) is 0. The SMILES string of the molecule is Cc1cccc(C(=O)OCC(=O)C=C2N(C)c3ccccc3C2(C)C)c1. The predicted octanol–water partition coefficient (Wildman–Crippen LogP) is 4.03. The van der Waals surface area contributed by atoms with Gasteiger partial charge < -0.3 is 9.64 Å². The van der Waals surface area contributed by atoms with E-state index in [0.717, 1.165) is 16.9 Å². The Labute approximate surface area is 154 Å². The van der Waals surface area contributed by atoms with E-state index < -0.39 is 5.97 Å². The van der Waals surface area contributed by atoms with Crippen molar-refractivity contribution in [1.82, 2.24) is 0 Å². The molecule has 0 saturated heterocycles. The van der Waals surface area contributed by atoms with E-state index in [1.165, 1.54) is 5.56 Å². The van der Waals surface area contributed by atoms with Crippen LogP contribution in [0.1, 0.15) is 35.3 Å². The first-order chi connectivity index (χ1) is 12.3. The van der Waals surface area contributed by atoms with Gasteiger partial charge in [0.1, 0.15) is 0 Å². The average molecular weight is 349 g/mol. The van der Waals surface area contributed by atoms with E-state index in [9.17, 15) is 9.59 Å². The van der Waals surface area contributed by atoms with Gasteiger partial charge in [0, 0.05) is 29.9 Å². The summed E-state index contributed by atoms with van der Waals surface area (Å²) in [5.41, 5.74) is 4.32. The second-order valence-electron chi connectivity index (χ2n) is 7.14. The summed E-state index contributed by atoms with van der Waals surface area (Å²) < 4.78 is 5.18. The zero-order valence-electron chi connectivity index (χ0n) is 15.6. The van der Waals surface area contributed by atoms with Gasteiger partial charge in [-0.15, -0.1) is 0 Å². The molecule has 0 saturated carbocycles. The minimum Gasteiger partial charge on any atom is -0.454 e. The number of likely N-dealkylation sites (N-methyl/N-ethyl adjacent to an activating group) is 1. The molecular weight excluding hydrogens is 326 g/mol. The fraction of sp³-hybridized carbons (Fsp3) is 0.273. The fourth-order valence-corrected chi connectivity index (χ4v) is 3.45. The molecule has 0 aliphatic carbocycles. The quantitative estimate of drug-likeness (QED) is 0.617. The van der Waals surface area contributed by atoms with Crippen LogP contribution in [0.5, 0.6) is 0 Å². The van der Waals surface area contributed by atoms with Gasteiger partial charge in [-0.05, 0) is 30.7 Å². The maximum Gasteiger partial charge on any atom is 0.338 e. The van der Waals surface area contributed by atoms with E-state index in [4.69, 9.17) is 4.74 Å². The number of hydrogen-bond acceptors (Lipinski definition) is 4. The maximum atomic E-state index is 12.4. The predicted molar refractivity (Wildman–Crippen MR) is 102 cm³/mol. The lowest BCUT2D eigenvalue weighted by molar-refractivity contribution is -0.117. The van der Waals surface area contributed by atoms with Crippen molar-refractivity contribution in [2.45, 2.75) is 26.2 Å². The summed E-state index contributed by atoms with van der Waals surface area (Å²) in [5, 5.41) is 0. The van der Waals surface area contributed by atoms with Gasteiger partial charge in [0.25, 0.3) is 0 Å². The minimum absolute atomic E-state index is 0.228. The third kappa shape index (κ3) is 3.27. The van der Waals surface area contributed by atoms with Gasteiger partial charge in [-0.25, -0.2) is 4.79 Å². The number of rotatable bonds is 4. The van der Waals surface area contributed by atoms with Crippen molar-refractivity contribution in [3.05, 3.63) is 77.0 Å². The number of aryl methyl sites for hydroxylation is 1. The van der Waals surface area contributed by atoms with Gasteiger partial charge in [0.2, 0.25) is 0 Å². The lowest BCUT2D eigenvalue weighted by Gasteiger charge is -2.23. The molecule has 1 aliphatic rings. The van der Waals surface area contributed by atoms with Gasteiger partial charge in [-0.1, -0.05) is 49.7 Å². The lowest BCUT2D eigenvalue weighted by atomic mass is 9.83. The van der Waals surface area contributed by atoms with Crippen molar-refractivity contribution in [3.63, 3.8) is 0 Å². The largest absolute Gasteiger partial charge is 0.454 e. The Morgan fingerprint density at radius 2 is 1.85 bits per heavy atom. The summed E-state index contributed by atoms with van der Waals surface area (Å²) in [6.07, 6.45) is 1.59. The fourth-order valence-electron chi connectivity index (χ4n) is 3.45. The number of carbonyl (C=O) groups is 2. The molecule has 0 atom stereocenters. The standard InChI is InChI=1S/C22H23NO3/c1-15-8-7-9-16(12-15)21(25)26-14-17(24)13-20-22(2,3)18-10-5-6-11-19(18)23(20)4/h5-13H,14H2,1-4H3. The second-order valence-corrected chi connectivity index (χ2v) is 7.14. The van der Waals surface area contributed by atoms with Crippen molar-refractivity contribution < 1.29 is 14.3 Å². The topological polar surface area (TPSA) is 46.6 Å². The van der Waals surface area contributed by atoms with Crippen molar-refractivity contribution in [1.29, 1.82) is 0 Å². The number of esters is 1. The van der Waals surface area contributed by atoms with E-state index in [1.807, 2.05) is 43.1 Å². The number of nitrogens with zero attached hydrogens (tertiary/aromatic N) is 1. The van der Waals surface area contributed by atoms with Crippen LogP contribution in [0.25, 0.3) is 0 Å². The summed E-state index contributed by atoms with van der Waals surface area (Å²) in [6.45, 7) is 5.82. The van der Waals surface area contributed by atoms with Crippen molar-refractivity contribution >= 4 is 17.4 Å². The van der Waals surface area contributed by atoms with Crippen LogP contribution in [0.4, 0.5) is 5.69 Å². The molecule has 0 spiro atoms. The van der Waals surface area contributed by atoms with Crippen LogP contribution in [0, 0.1) is 6.92 Å². The summed E-state index contributed by atoms with van der Waals surface area (Å²) in [6, 6.07) is 15.2. The summed E-state index contributed by atoms with van der Waals surface area (Å²) in [5.74, 6) is -0.712. The van der Waals surface area contributed by atoms with E-state index >= 15 is 0 Å². The highest BCUT2D eigenvalue weighted by Gasteiger charge is 2.38. The van der Waals surface area contributed by atoms with E-state index in [1.54, 1.807) is 24.3 Å². The molecule has 0 amide bonds. The van der Waals surface area contributed by atoms with E-state index in [-0.39, 0.29) is 17.8 Å². The normalized spacial score (nSPS) is 16.5. The number of ether oxygens (including phenoxy) is 1.